The van der Waals surface area contributed by atoms with Crippen molar-refractivity contribution in [2.75, 3.05) is 13.7 Å². The number of hydrogen-bond acceptors (Lipinski definition) is 2. The van der Waals surface area contributed by atoms with Crippen LogP contribution in [0.25, 0.3) is 0 Å². The van der Waals surface area contributed by atoms with Crippen LogP contribution < -0.4 is 10.1 Å². The summed E-state index contributed by atoms with van der Waals surface area (Å²) >= 11 is 0. The highest BCUT2D eigenvalue weighted by Gasteiger charge is 2.21. The summed E-state index contributed by atoms with van der Waals surface area (Å²) < 4.78 is 5.36. The van der Waals surface area contributed by atoms with Gasteiger partial charge >= 0.3 is 0 Å². The predicted molar refractivity (Wildman–Crippen MR) is 62.4 cm³/mol. The topological polar surface area (TPSA) is 21.3 Å². The molecule has 1 aliphatic carbocycles. The Kier molecular flexibility index (Phi) is 3.27. The van der Waals surface area contributed by atoms with E-state index >= 15 is 0 Å². The molecule has 0 spiro atoms. The molecule has 0 bridgehead atoms. The number of para-hydroxylation sites is 1. The van der Waals surface area contributed by atoms with Gasteiger partial charge in [-0.25, -0.2) is 0 Å². The fourth-order valence-electron chi connectivity index (χ4n) is 1.81. The molecule has 0 amide bonds. The maximum Gasteiger partial charge on any atom is 0.122 e. The normalized spacial score (nSPS) is 17.5. The van der Waals surface area contributed by atoms with Crippen molar-refractivity contribution in [1.82, 2.24) is 5.32 Å². The number of benzene rings is 1. The van der Waals surface area contributed by atoms with Gasteiger partial charge in [0.25, 0.3) is 0 Å². The van der Waals surface area contributed by atoms with Crippen LogP contribution in [0.3, 0.4) is 0 Å². The zero-order valence-electron chi connectivity index (χ0n) is 9.49. The lowest BCUT2D eigenvalue weighted by Gasteiger charge is -2.15. The molecule has 1 fully saturated rings. The van der Waals surface area contributed by atoms with Crippen LogP contribution in [-0.4, -0.2) is 19.7 Å². The Morgan fingerprint density at radius 1 is 1.40 bits per heavy atom. The van der Waals surface area contributed by atoms with Gasteiger partial charge in [0.1, 0.15) is 5.75 Å². The van der Waals surface area contributed by atoms with Crippen molar-refractivity contribution in [3.05, 3.63) is 29.8 Å². The fourth-order valence-corrected chi connectivity index (χ4v) is 1.81. The van der Waals surface area contributed by atoms with Crippen LogP contribution in [0.5, 0.6) is 5.75 Å². The summed E-state index contributed by atoms with van der Waals surface area (Å²) in [6.07, 6.45) is 2.69. The molecule has 0 saturated heterocycles. The summed E-state index contributed by atoms with van der Waals surface area (Å²) in [5.41, 5.74) is 1.30. The zero-order chi connectivity index (χ0) is 10.7. The van der Waals surface area contributed by atoms with Crippen molar-refractivity contribution < 1.29 is 4.74 Å². The van der Waals surface area contributed by atoms with Gasteiger partial charge in [-0.2, -0.15) is 0 Å². The molecule has 2 rings (SSSR count). The van der Waals surface area contributed by atoms with Crippen molar-refractivity contribution in [3.63, 3.8) is 0 Å². The van der Waals surface area contributed by atoms with E-state index in [9.17, 15) is 0 Å². The average molecular weight is 205 g/mol. The summed E-state index contributed by atoms with van der Waals surface area (Å²) in [6.45, 7) is 3.29. The third-order valence-corrected chi connectivity index (χ3v) is 2.96. The molecule has 2 heteroatoms. The van der Waals surface area contributed by atoms with E-state index in [4.69, 9.17) is 4.74 Å². The second-order valence-electron chi connectivity index (χ2n) is 4.33. The highest BCUT2D eigenvalue weighted by atomic mass is 16.5. The quantitative estimate of drug-likeness (QED) is 0.797. The van der Waals surface area contributed by atoms with Gasteiger partial charge in [-0.15, -0.1) is 0 Å². The number of ether oxygens (including phenoxy) is 1. The first-order valence-corrected chi connectivity index (χ1v) is 5.67. The van der Waals surface area contributed by atoms with Gasteiger partial charge in [-0.1, -0.05) is 25.1 Å². The molecule has 2 nitrogen and oxygen atoms in total. The molecule has 1 aromatic rings. The van der Waals surface area contributed by atoms with E-state index in [1.807, 2.05) is 12.1 Å². The maximum absolute atomic E-state index is 5.36. The molecule has 15 heavy (non-hydrogen) atoms. The third kappa shape index (κ3) is 2.72. The summed E-state index contributed by atoms with van der Waals surface area (Å²) in [7, 11) is 1.74. The number of hydrogen-bond donors (Lipinski definition) is 1. The van der Waals surface area contributed by atoms with Crippen molar-refractivity contribution in [3.8, 4) is 5.75 Å². The van der Waals surface area contributed by atoms with E-state index < -0.39 is 0 Å². The molecule has 0 aromatic heterocycles. The lowest BCUT2D eigenvalue weighted by Crippen LogP contribution is -2.22. The van der Waals surface area contributed by atoms with Gasteiger partial charge in [0, 0.05) is 12.6 Å². The van der Waals surface area contributed by atoms with E-state index in [0.29, 0.717) is 5.92 Å². The smallest absolute Gasteiger partial charge is 0.122 e. The molecule has 0 aliphatic heterocycles. The van der Waals surface area contributed by atoms with Crippen molar-refractivity contribution >= 4 is 0 Å². The summed E-state index contributed by atoms with van der Waals surface area (Å²) in [4.78, 5) is 0. The van der Waals surface area contributed by atoms with Gasteiger partial charge in [0.05, 0.1) is 7.11 Å². The monoisotopic (exact) mass is 205 g/mol. The Morgan fingerprint density at radius 3 is 2.80 bits per heavy atom. The Bertz CT molecular complexity index is 320. The van der Waals surface area contributed by atoms with E-state index in [1.54, 1.807) is 7.11 Å². The van der Waals surface area contributed by atoms with Gasteiger partial charge in [0.2, 0.25) is 0 Å². The Balaban J connectivity index is 1.98. The second kappa shape index (κ2) is 4.67. The molecule has 0 heterocycles. The van der Waals surface area contributed by atoms with E-state index in [1.165, 1.54) is 18.4 Å². The van der Waals surface area contributed by atoms with Crippen LogP contribution >= 0.6 is 0 Å². The molecule has 82 valence electrons. The third-order valence-electron chi connectivity index (χ3n) is 2.96. The van der Waals surface area contributed by atoms with E-state index in [-0.39, 0.29) is 0 Å². The van der Waals surface area contributed by atoms with Crippen LogP contribution in [0.4, 0.5) is 0 Å². The van der Waals surface area contributed by atoms with Crippen LogP contribution in [0.2, 0.25) is 0 Å². The van der Waals surface area contributed by atoms with Crippen LogP contribution in [-0.2, 0) is 0 Å². The summed E-state index contributed by atoms with van der Waals surface area (Å²) in [6, 6.07) is 9.05. The molecule has 1 atom stereocenters. The molecular formula is C13H19NO. The highest BCUT2D eigenvalue weighted by Crippen LogP contribution is 2.26. The molecular weight excluding hydrogens is 186 g/mol. The van der Waals surface area contributed by atoms with Crippen molar-refractivity contribution in [2.45, 2.75) is 31.7 Å². The highest BCUT2D eigenvalue weighted by molar-refractivity contribution is 5.36. The first-order valence-electron chi connectivity index (χ1n) is 5.67. The Hall–Kier alpha value is -1.02. The minimum Gasteiger partial charge on any atom is -0.496 e. The summed E-state index contributed by atoms with van der Waals surface area (Å²) in [5, 5.41) is 3.55. The largest absolute Gasteiger partial charge is 0.496 e. The summed E-state index contributed by atoms with van der Waals surface area (Å²) in [5.74, 6) is 1.52. The SMILES string of the molecule is COc1ccccc1C(C)CNC1CC1. The standard InChI is InChI=1S/C13H19NO/c1-10(9-14-11-7-8-11)12-5-3-4-6-13(12)15-2/h3-6,10-11,14H,7-9H2,1-2H3. The minimum atomic E-state index is 0.516. The van der Waals surface area contributed by atoms with Crippen LogP contribution in [0, 0.1) is 0 Å². The lowest BCUT2D eigenvalue weighted by atomic mass is 10.00. The minimum absolute atomic E-state index is 0.516. The van der Waals surface area contributed by atoms with Crippen molar-refractivity contribution in [1.29, 1.82) is 0 Å². The van der Waals surface area contributed by atoms with Crippen LogP contribution in [0.1, 0.15) is 31.2 Å². The zero-order valence-corrected chi connectivity index (χ0v) is 9.49. The second-order valence-corrected chi connectivity index (χ2v) is 4.33. The Morgan fingerprint density at radius 2 is 2.13 bits per heavy atom. The van der Waals surface area contributed by atoms with Gasteiger partial charge in [-0.05, 0) is 30.4 Å². The average Bonchev–Trinajstić information content (AvgIpc) is 3.09. The molecule has 1 N–H and O–H groups in total. The molecule has 1 aliphatic rings. The van der Waals surface area contributed by atoms with Crippen LogP contribution in [0.15, 0.2) is 24.3 Å². The molecule has 0 radical (unpaired) electrons. The molecule has 1 aromatic carbocycles. The molecule has 1 saturated carbocycles. The van der Waals surface area contributed by atoms with Gasteiger partial charge in [-0.3, -0.25) is 0 Å². The Labute approximate surface area is 91.6 Å². The van der Waals surface area contributed by atoms with Gasteiger partial charge < -0.3 is 10.1 Å². The number of methoxy groups -OCH3 is 1. The fraction of sp³-hybridized carbons (Fsp3) is 0.538. The van der Waals surface area contributed by atoms with E-state index in [2.05, 4.69) is 24.4 Å². The first kappa shape index (κ1) is 10.5. The molecule has 1 unspecified atom stereocenters. The number of nitrogens with one attached hydrogen (secondary N) is 1. The first-order chi connectivity index (χ1) is 7.31. The maximum atomic E-state index is 5.36. The lowest BCUT2D eigenvalue weighted by molar-refractivity contribution is 0.405. The number of rotatable bonds is 5. The van der Waals surface area contributed by atoms with Crippen molar-refractivity contribution in [2.24, 2.45) is 0 Å². The van der Waals surface area contributed by atoms with Gasteiger partial charge in [0.15, 0.2) is 0 Å². The van der Waals surface area contributed by atoms with E-state index in [0.717, 1.165) is 18.3 Å². The predicted octanol–water partition coefficient (Wildman–Crippen LogP) is 2.55.